The van der Waals surface area contributed by atoms with Crippen molar-refractivity contribution in [3.05, 3.63) is 0 Å². The molecule has 0 atom stereocenters. The fourth-order valence-corrected chi connectivity index (χ4v) is 6.00. The van der Waals surface area contributed by atoms with Gasteiger partial charge in [0, 0.05) is 13.1 Å². The third-order valence-corrected chi connectivity index (χ3v) is 8.94. The second kappa shape index (κ2) is 42.5. The van der Waals surface area contributed by atoms with E-state index in [1.807, 2.05) is 0 Å². The summed E-state index contributed by atoms with van der Waals surface area (Å²) in [4.78, 5) is 40.7. The number of nitrogens with zero attached hydrogens (tertiary/aromatic N) is 1. The van der Waals surface area contributed by atoms with E-state index in [1.54, 1.807) is 0 Å². The molecule has 0 aromatic heterocycles. The van der Waals surface area contributed by atoms with E-state index in [9.17, 15) is 4.57 Å². The standard InChI is InChI=1S/C20H43NO2.C16H35O4P.H3O4P/c1-2-3-4-5-6-7-8-9-10-11-12-13-14-15-16-21(17-19-22)18-20-23;1-2-3-4-5-6-7-8-9-10-11-12-13-14-15-16-20-21(17,18)19;1-5(2,3)4/h22-23H,2-20H2,1H3;2-16H2,1H3,(H2,17,18,19);(H3,1,2,3,4). The molecular formula is C36H81NO10P2. The van der Waals surface area contributed by atoms with Gasteiger partial charge in [-0.2, -0.15) is 0 Å². The van der Waals surface area contributed by atoms with E-state index < -0.39 is 15.6 Å². The molecule has 300 valence electrons. The first-order valence-electron chi connectivity index (χ1n) is 19.8. The Bertz CT molecular complexity index is 695. The number of hydrogen-bond acceptors (Lipinski definition) is 6. The molecule has 0 unspecified atom stereocenters. The van der Waals surface area contributed by atoms with Crippen molar-refractivity contribution in [2.75, 3.05) is 39.5 Å². The predicted molar refractivity (Wildman–Crippen MR) is 203 cm³/mol. The van der Waals surface area contributed by atoms with Gasteiger partial charge in [0.2, 0.25) is 0 Å². The molecule has 0 saturated heterocycles. The average molecular weight is 750 g/mol. The Balaban J connectivity index is -0.000000760. The highest BCUT2D eigenvalue weighted by Gasteiger charge is 2.12. The maximum absolute atomic E-state index is 10.4. The van der Waals surface area contributed by atoms with Gasteiger partial charge in [-0.05, 0) is 19.4 Å². The first-order chi connectivity index (χ1) is 23.4. The minimum Gasteiger partial charge on any atom is -0.395 e. The van der Waals surface area contributed by atoms with Crippen LogP contribution in [0.5, 0.6) is 0 Å². The molecule has 0 amide bonds. The minimum atomic E-state index is -4.64. The second-order valence-electron chi connectivity index (χ2n) is 13.3. The number of aliphatic hydroxyl groups is 2. The molecule has 0 aliphatic rings. The van der Waals surface area contributed by atoms with Crippen LogP contribution in [0.4, 0.5) is 0 Å². The summed E-state index contributed by atoms with van der Waals surface area (Å²) in [5.41, 5.74) is 0. The summed E-state index contributed by atoms with van der Waals surface area (Å²) in [7, 11) is -8.89. The first kappa shape index (κ1) is 53.5. The Hall–Kier alpha value is 0.1000. The molecule has 0 aromatic carbocycles. The fraction of sp³-hybridized carbons (Fsp3) is 1.00. The topological polar surface area (TPSA) is 188 Å². The van der Waals surface area contributed by atoms with E-state index in [4.69, 9.17) is 39.2 Å². The van der Waals surface area contributed by atoms with Crippen molar-refractivity contribution in [2.45, 2.75) is 194 Å². The highest BCUT2D eigenvalue weighted by Crippen LogP contribution is 2.35. The van der Waals surface area contributed by atoms with Gasteiger partial charge in [-0.15, -0.1) is 0 Å². The Morgan fingerprint density at radius 2 is 0.653 bits per heavy atom. The molecule has 0 aliphatic carbocycles. The lowest BCUT2D eigenvalue weighted by Crippen LogP contribution is -2.30. The van der Waals surface area contributed by atoms with E-state index in [2.05, 4.69) is 23.3 Å². The maximum Gasteiger partial charge on any atom is 0.469 e. The van der Waals surface area contributed by atoms with Crippen LogP contribution in [0.15, 0.2) is 0 Å². The highest BCUT2D eigenvalue weighted by molar-refractivity contribution is 7.46. The summed E-state index contributed by atoms with van der Waals surface area (Å²) in [6.45, 7) is 7.49. The van der Waals surface area contributed by atoms with Gasteiger partial charge in [-0.1, -0.05) is 181 Å². The number of phosphoric ester groups is 1. The number of aliphatic hydroxyl groups excluding tert-OH is 2. The Morgan fingerprint density at radius 1 is 0.408 bits per heavy atom. The summed E-state index contributed by atoms with van der Waals surface area (Å²) in [5.74, 6) is 0. The second-order valence-corrected chi connectivity index (χ2v) is 15.6. The molecule has 0 saturated carbocycles. The summed E-state index contributed by atoms with van der Waals surface area (Å²) in [5, 5.41) is 17.9. The quantitative estimate of drug-likeness (QED) is 0.0242. The van der Waals surface area contributed by atoms with Crippen LogP contribution in [-0.2, 0) is 13.7 Å². The Labute approximate surface area is 301 Å². The Morgan fingerprint density at radius 3 is 0.898 bits per heavy atom. The van der Waals surface area contributed by atoms with Crippen LogP contribution < -0.4 is 0 Å². The van der Waals surface area contributed by atoms with Gasteiger partial charge in [0.05, 0.1) is 19.8 Å². The van der Waals surface area contributed by atoms with Crippen molar-refractivity contribution >= 4 is 15.6 Å². The van der Waals surface area contributed by atoms with Crippen LogP contribution >= 0.6 is 15.6 Å². The van der Waals surface area contributed by atoms with E-state index in [-0.39, 0.29) is 19.8 Å². The smallest absolute Gasteiger partial charge is 0.395 e. The third-order valence-electron chi connectivity index (χ3n) is 8.42. The molecule has 11 nitrogen and oxygen atoms in total. The highest BCUT2D eigenvalue weighted by atomic mass is 31.2. The third kappa shape index (κ3) is 63.6. The zero-order valence-electron chi connectivity index (χ0n) is 31.7. The van der Waals surface area contributed by atoms with Crippen LogP contribution in [0.2, 0.25) is 0 Å². The number of phosphoric acid groups is 2. The van der Waals surface area contributed by atoms with E-state index in [0.717, 1.165) is 25.8 Å². The van der Waals surface area contributed by atoms with Crippen molar-refractivity contribution in [3.63, 3.8) is 0 Å². The van der Waals surface area contributed by atoms with Crippen LogP contribution in [-0.4, -0.2) is 79.0 Å². The maximum atomic E-state index is 10.4. The molecule has 7 N–H and O–H groups in total. The summed E-state index contributed by atoms with van der Waals surface area (Å²) < 4.78 is 23.7. The SMILES string of the molecule is CCCCCCCCCCCCCCCCN(CCO)CCO.CCCCCCCCCCCCCCCCOP(=O)(O)O.O=P(O)(O)O. The molecule has 0 spiro atoms. The van der Waals surface area contributed by atoms with E-state index in [0.29, 0.717) is 13.1 Å². The summed E-state index contributed by atoms with van der Waals surface area (Å²) in [6.07, 6.45) is 37.1. The molecule has 0 rings (SSSR count). The van der Waals surface area contributed by atoms with Crippen LogP contribution in [0.25, 0.3) is 0 Å². The number of unbranched alkanes of at least 4 members (excludes halogenated alkanes) is 26. The van der Waals surface area contributed by atoms with E-state index in [1.165, 1.54) is 161 Å². The lowest BCUT2D eigenvalue weighted by Gasteiger charge is -2.19. The van der Waals surface area contributed by atoms with Gasteiger partial charge in [0.25, 0.3) is 0 Å². The average Bonchev–Trinajstić information content (AvgIpc) is 3.02. The molecular weight excluding hydrogens is 668 g/mol. The Kier molecular flexibility index (Phi) is 46.4. The van der Waals surface area contributed by atoms with Gasteiger partial charge < -0.3 is 34.7 Å². The van der Waals surface area contributed by atoms with Gasteiger partial charge >= 0.3 is 15.6 Å². The van der Waals surface area contributed by atoms with Gasteiger partial charge in [-0.3, -0.25) is 9.42 Å². The molecule has 0 aromatic rings. The largest absolute Gasteiger partial charge is 0.469 e. The monoisotopic (exact) mass is 750 g/mol. The summed E-state index contributed by atoms with van der Waals surface area (Å²) in [6, 6.07) is 0. The van der Waals surface area contributed by atoms with Crippen molar-refractivity contribution in [2.24, 2.45) is 0 Å². The van der Waals surface area contributed by atoms with Gasteiger partial charge in [0.15, 0.2) is 0 Å². The molecule has 0 bridgehead atoms. The molecule has 49 heavy (non-hydrogen) atoms. The first-order valence-corrected chi connectivity index (χ1v) is 22.9. The summed E-state index contributed by atoms with van der Waals surface area (Å²) >= 11 is 0. The van der Waals surface area contributed by atoms with Gasteiger partial charge in [0.1, 0.15) is 0 Å². The zero-order valence-corrected chi connectivity index (χ0v) is 33.5. The van der Waals surface area contributed by atoms with Crippen molar-refractivity contribution in [1.82, 2.24) is 4.90 Å². The van der Waals surface area contributed by atoms with Crippen molar-refractivity contribution in [1.29, 1.82) is 0 Å². The van der Waals surface area contributed by atoms with Crippen molar-refractivity contribution in [3.8, 4) is 0 Å². The lowest BCUT2D eigenvalue weighted by atomic mass is 10.0. The fourth-order valence-electron chi connectivity index (χ4n) is 5.63. The van der Waals surface area contributed by atoms with E-state index >= 15 is 0 Å². The molecule has 0 heterocycles. The zero-order chi connectivity index (χ0) is 37.3. The van der Waals surface area contributed by atoms with Crippen LogP contribution in [0, 0.1) is 0 Å². The molecule has 0 aliphatic heterocycles. The molecule has 13 heteroatoms. The minimum absolute atomic E-state index is 0.169. The lowest BCUT2D eigenvalue weighted by molar-refractivity contribution is 0.159. The molecule has 0 radical (unpaired) electrons. The van der Waals surface area contributed by atoms with Crippen LogP contribution in [0.3, 0.4) is 0 Å². The van der Waals surface area contributed by atoms with Crippen molar-refractivity contribution < 1.29 is 48.3 Å². The molecule has 0 fully saturated rings. The number of rotatable bonds is 35. The number of hydrogen-bond donors (Lipinski definition) is 7. The van der Waals surface area contributed by atoms with Gasteiger partial charge in [-0.25, -0.2) is 9.13 Å². The van der Waals surface area contributed by atoms with Crippen LogP contribution in [0.1, 0.15) is 194 Å². The normalized spacial score (nSPS) is 11.7. The predicted octanol–water partition coefficient (Wildman–Crippen LogP) is 9.40.